The highest BCUT2D eigenvalue weighted by Gasteiger charge is 2.39. The minimum atomic E-state index is -0.129. The molecule has 4 nitrogen and oxygen atoms in total. The summed E-state index contributed by atoms with van der Waals surface area (Å²) >= 11 is 0. The van der Waals surface area contributed by atoms with Crippen LogP contribution in [0.3, 0.4) is 0 Å². The Balaban J connectivity index is 2.15. The van der Waals surface area contributed by atoms with Gasteiger partial charge in [0.2, 0.25) is 0 Å². The van der Waals surface area contributed by atoms with Crippen LogP contribution in [0.2, 0.25) is 0 Å². The molecule has 1 aliphatic carbocycles. The molecular weight excluding hydrogens is 178 g/mol. The number of rotatable bonds is 2. The van der Waals surface area contributed by atoms with Gasteiger partial charge in [0.25, 0.3) is 5.91 Å². The van der Waals surface area contributed by atoms with Gasteiger partial charge in [0.05, 0.1) is 5.56 Å². The largest absolute Gasteiger partial charge is 0.383 e. The van der Waals surface area contributed by atoms with Gasteiger partial charge in [0.1, 0.15) is 5.82 Å². The monoisotopic (exact) mass is 191 g/mol. The maximum atomic E-state index is 11.7. The first kappa shape index (κ1) is 8.99. The van der Waals surface area contributed by atoms with E-state index in [1.165, 1.54) is 0 Å². The number of nitrogens with zero attached hydrogens (tertiary/aromatic N) is 1. The van der Waals surface area contributed by atoms with Crippen LogP contribution in [0.25, 0.3) is 0 Å². The minimum Gasteiger partial charge on any atom is -0.383 e. The number of amides is 1. The molecule has 1 saturated carbocycles. The zero-order valence-corrected chi connectivity index (χ0v) is 8.08. The Labute approximate surface area is 82.5 Å². The lowest BCUT2D eigenvalue weighted by atomic mass is 10.2. The van der Waals surface area contributed by atoms with Gasteiger partial charge < -0.3 is 11.1 Å². The van der Waals surface area contributed by atoms with E-state index >= 15 is 0 Å². The van der Waals surface area contributed by atoms with Crippen molar-refractivity contribution in [2.75, 3.05) is 5.73 Å². The molecule has 74 valence electrons. The number of nitrogen functional groups attached to an aromatic ring is 1. The number of hydrogen-bond donors (Lipinski definition) is 2. The van der Waals surface area contributed by atoms with Crippen molar-refractivity contribution in [3.63, 3.8) is 0 Å². The summed E-state index contributed by atoms with van der Waals surface area (Å²) in [6.07, 6.45) is 3.66. The summed E-state index contributed by atoms with van der Waals surface area (Å²) in [5, 5.41) is 2.93. The molecule has 0 saturated heterocycles. The van der Waals surface area contributed by atoms with E-state index in [0.717, 1.165) is 12.8 Å². The molecule has 1 heterocycles. The second kappa shape index (κ2) is 2.97. The van der Waals surface area contributed by atoms with Crippen molar-refractivity contribution < 1.29 is 4.79 Å². The molecule has 1 aliphatic rings. The van der Waals surface area contributed by atoms with E-state index in [1.54, 1.807) is 18.3 Å². The minimum absolute atomic E-state index is 0.0145. The van der Waals surface area contributed by atoms with E-state index in [9.17, 15) is 4.79 Å². The third-order valence-electron chi connectivity index (χ3n) is 2.50. The molecule has 1 aromatic heterocycles. The van der Waals surface area contributed by atoms with Gasteiger partial charge in [-0.3, -0.25) is 4.79 Å². The van der Waals surface area contributed by atoms with Gasteiger partial charge in [0.15, 0.2) is 0 Å². The van der Waals surface area contributed by atoms with Gasteiger partial charge in [-0.15, -0.1) is 0 Å². The van der Waals surface area contributed by atoms with E-state index in [1.807, 2.05) is 6.92 Å². The van der Waals surface area contributed by atoms with Crippen LogP contribution in [0, 0.1) is 0 Å². The first-order chi connectivity index (χ1) is 6.61. The van der Waals surface area contributed by atoms with Gasteiger partial charge in [-0.1, -0.05) is 0 Å². The Morgan fingerprint density at radius 2 is 2.36 bits per heavy atom. The zero-order chi connectivity index (χ0) is 10.2. The number of nitrogens with one attached hydrogen (secondary N) is 1. The average molecular weight is 191 g/mol. The van der Waals surface area contributed by atoms with E-state index < -0.39 is 0 Å². The van der Waals surface area contributed by atoms with E-state index in [4.69, 9.17) is 5.73 Å². The topological polar surface area (TPSA) is 68.0 Å². The fourth-order valence-corrected chi connectivity index (χ4v) is 1.26. The highest BCUT2D eigenvalue weighted by atomic mass is 16.1. The number of carbonyl (C=O) groups excluding carboxylic acids is 1. The van der Waals surface area contributed by atoms with Crippen molar-refractivity contribution >= 4 is 11.7 Å². The second-order valence-corrected chi connectivity index (χ2v) is 3.95. The van der Waals surface area contributed by atoms with Crippen molar-refractivity contribution in [2.24, 2.45) is 0 Å². The lowest BCUT2D eigenvalue weighted by Gasteiger charge is -2.11. The number of hydrogen-bond acceptors (Lipinski definition) is 3. The number of nitrogens with two attached hydrogens (primary N) is 1. The number of anilines is 1. The van der Waals surface area contributed by atoms with Crippen LogP contribution in [0.5, 0.6) is 0 Å². The summed E-state index contributed by atoms with van der Waals surface area (Å²) in [7, 11) is 0. The van der Waals surface area contributed by atoms with Crippen LogP contribution < -0.4 is 11.1 Å². The molecule has 0 atom stereocenters. The van der Waals surface area contributed by atoms with Crippen LogP contribution in [-0.2, 0) is 0 Å². The van der Waals surface area contributed by atoms with E-state index in [0.29, 0.717) is 5.56 Å². The maximum Gasteiger partial charge on any atom is 0.255 e. The van der Waals surface area contributed by atoms with Crippen molar-refractivity contribution in [1.29, 1.82) is 0 Å². The fraction of sp³-hybridized carbons (Fsp3) is 0.400. The van der Waals surface area contributed by atoms with Crippen molar-refractivity contribution in [3.05, 3.63) is 23.9 Å². The van der Waals surface area contributed by atoms with Gasteiger partial charge >= 0.3 is 0 Å². The Kier molecular flexibility index (Phi) is 1.91. The van der Waals surface area contributed by atoms with Gasteiger partial charge in [-0.2, -0.15) is 0 Å². The molecule has 3 N–H and O–H groups in total. The van der Waals surface area contributed by atoms with Gasteiger partial charge in [-0.05, 0) is 31.9 Å². The summed E-state index contributed by atoms with van der Waals surface area (Å²) in [6.45, 7) is 2.03. The summed E-state index contributed by atoms with van der Waals surface area (Å²) in [5.74, 6) is 0.157. The number of pyridine rings is 1. The Hall–Kier alpha value is -1.58. The molecular formula is C10H13N3O. The smallest absolute Gasteiger partial charge is 0.255 e. The molecule has 0 radical (unpaired) electrons. The molecule has 0 unspecified atom stereocenters. The molecule has 1 aromatic rings. The summed E-state index contributed by atoms with van der Waals surface area (Å²) in [5.41, 5.74) is 6.03. The molecule has 4 heteroatoms. The predicted octanol–water partition coefficient (Wildman–Crippen LogP) is 0.946. The van der Waals surface area contributed by atoms with Crippen LogP contribution in [0.4, 0.5) is 5.82 Å². The summed E-state index contributed by atoms with van der Waals surface area (Å²) in [4.78, 5) is 15.6. The van der Waals surface area contributed by atoms with Gasteiger partial charge in [-0.25, -0.2) is 4.98 Å². The lowest BCUT2D eigenvalue weighted by molar-refractivity contribution is 0.0936. The number of carbonyl (C=O) groups is 1. The van der Waals surface area contributed by atoms with Crippen LogP contribution >= 0.6 is 0 Å². The molecule has 0 aliphatic heterocycles. The standard InChI is InChI=1S/C10H13N3O/c1-10(4-5-10)13-9(14)7-3-2-6-12-8(7)11/h2-3,6H,4-5H2,1H3,(H2,11,12)(H,13,14). The molecule has 0 spiro atoms. The average Bonchev–Trinajstić information content (AvgIpc) is 2.84. The maximum absolute atomic E-state index is 11.7. The van der Waals surface area contributed by atoms with Crippen LogP contribution in [0.15, 0.2) is 18.3 Å². The highest BCUT2D eigenvalue weighted by molar-refractivity contribution is 5.98. The van der Waals surface area contributed by atoms with E-state index in [2.05, 4.69) is 10.3 Å². The first-order valence-electron chi connectivity index (χ1n) is 4.64. The van der Waals surface area contributed by atoms with Crippen molar-refractivity contribution in [2.45, 2.75) is 25.3 Å². The predicted molar refractivity (Wildman–Crippen MR) is 53.8 cm³/mol. The Morgan fingerprint density at radius 1 is 1.64 bits per heavy atom. The van der Waals surface area contributed by atoms with Gasteiger partial charge in [0, 0.05) is 11.7 Å². The third-order valence-corrected chi connectivity index (χ3v) is 2.50. The lowest BCUT2D eigenvalue weighted by Crippen LogP contribution is -2.34. The highest BCUT2D eigenvalue weighted by Crippen LogP contribution is 2.34. The fourth-order valence-electron chi connectivity index (χ4n) is 1.26. The quantitative estimate of drug-likeness (QED) is 0.731. The normalized spacial score (nSPS) is 17.5. The van der Waals surface area contributed by atoms with Crippen LogP contribution in [0.1, 0.15) is 30.1 Å². The second-order valence-electron chi connectivity index (χ2n) is 3.95. The molecule has 1 amide bonds. The summed E-state index contributed by atoms with van der Waals surface area (Å²) in [6, 6.07) is 3.39. The van der Waals surface area contributed by atoms with E-state index in [-0.39, 0.29) is 17.3 Å². The molecule has 0 bridgehead atoms. The molecule has 14 heavy (non-hydrogen) atoms. The Morgan fingerprint density at radius 3 is 2.93 bits per heavy atom. The third kappa shape index (κ3) is 1.69. The van der Waals surface area contributed by atoms with Crippen molar-refractivity contribution in [3.8, 4) is 0 Å². The molecule has 1 fully saturated rings. The molecule has 2 rings (SSSR count). The SMILES string of the molecule is CC1(NC(=O)c2cccnc2N)CC1. The summed E-state index contributed by atoms with van der Waals surface area (Å²) < 4.78 is 0. The van der Waals surface area contributed by atoms with Crippen LogP contribution in [-0.4, -0.2) is 16.4 Å². The number of aromatic nitrogens is 1. The van der Waals surface area contributed by atoms with Crippen molar-refractivity contribution in [1.82, 2.24) is 10.3 Å². The zero-order valence-electron chi connectivity index (χ0n) is 8.08. The Bertz CT molecular complexity index is 371. The first-order valence-corrected chi connectivity index (χ1v) is 4.64. The molecule has 0 aromatic carbocycles.